The van der Waals surface area contributed by atoms with Crippen LogP contribution in [-0.4, -0.2) is 51.1 Å². The number of ether oxygens (including phenoxy) is 1. The lowest BCUT2D eigenvalue weighted by molar-refractivity contribution is -0.129. The van der Waals surface area contributed by atoms with Crippen LogP contribution in [0.1, 0.15) is 37.3 Å². The maximum Gasteiger partial charge on any atom is 0.261 e. The number of likely N-dealkylation sites (tertiary alicyclic amines) is 1. The molecule has 0 spiro atoms. The summed E-state index contributed by atoms with van der Waals surface area (Å²) in [5.41, 5.74) is 2.54. The standard InChI is InChI=1S/C24H31N3O5S/c1-4-22(32-21-13-11-20(12-14-21)26(2)33(3,30)31)24(29)25-16-18-7-9-19(10-8-18)17-27-15-5-6-23(27)28/h7-14,22H,4-6,15-17H2,1-3H3,(H,25,29)/t22-/m1/s1. The number of nitrogens with one attached hydrogen (secondary N) is 1. The van der Waals surface area contributed by atoms with Gasteiger partial charge in [0, 0.05) is 33.1 Å². The zero-order valence-electron chi connectivity index (χ0n) is 19.3. The second kappa shape index (κ2) is 10.7. The largest absolute Gasteiger partial charge is 0.481 e. The van der Waals surface area contributed by atoms with Crippen LogP contribution >= 0.6 is 0 Å². The number of carbonyl (C=O) groups is 2. The van der Waals surface area contributed by atoms with Crippen molar-refractivity contribution in [2.75, 3.05) is 24.2 Å². The highest BCUT2D eigenvalue weighted by Gasteiger charge is 2.20. The van der Waals surface area contributed by atoms with E-state index in [0.717, 1.165) is 30.3 Å². The van der Waals surface area contributed by atoms with Crippen molar-refractivity contribution in [3.05, 3.63) is 59.7 Å². The van der Waals surface area contributed by atoms with Gasteiger partial charge in [-0.1, -0.05) is 31.2 Å². The van der Waals surface area contributed by atoms with Gasteiger partial charge in [0.25, 0.3) is 5.91 Å². The summed E-state index contributed by atoms with van der Waals surface area (Å²) in [6.07, 6.45) is 2.51. The van der Waals surface area contributed by atoms with Gasteiger partial charge in [0.2, 0.25) is 15.9 Å². The van der Waals surface area contributed by atoms with Crippen LogP contribution in [0.4, 0.5) is 5.69 Å². The van der Waals surface area contributed by atoms with Gasteiger partial charge >= 0.3 is 0 Å². The number of sulfonamides is 1. The predicted molar refractivity (Wildman–Crippen MR) is 127 cm³/mol. The average Bonchev–Trinajstić information content (AvgIpc) is 3.20. The van der Waals surface area contributed by atoms with Gasteiger partial charge < -0.3 is 15.0 Å². The fourth-order valence-electron chi connectivity index (χ4n) is 3.57. The van der Waals surface area contributed by atoms with Gasteiger partial charge in [-0.3, -0.25) is 13.9 Å². The van der Waals surface area contributed by atoms with Crippen molar-refractivity contribution in [1.29, 1.82) is 0 Å². The Kier molecular flexibility index (Phi) is 7.97. The number of rotatable bonds is 10. The monoisotopic (exact) mass is 473 g/mol. The SMILES string of the molecule is CC[C@@H](Oc1ccc(N(C)S(C)(=O)=O)cc1)C(=O)NCc1ccc(CN2CCCC2=O)cc1. The average molecular weight is 474 g/mol. The molecule has 2 aromatic carbocycles. The number of nitrogens with zero attached hydrogens (tertiary/aromatic N) is 2. The maximum absolute atomic E-state index is 12.6. The summed E-state index contributed by atoms with van der Waals surface area (Å²) in [6.45, 7) is 3.67. The first-order chi connectivity index (χ1) is 15.7. The van der Waals surface area contributed by atoms with E-state index >= 15 is 0 Å². The summed E-state index contributed by atoms with van der Waals surface area (Å²) in [4.78, 5) is 26.3. The normalized spacial score (nSPS) is 14.8. The molecule has 2 aromatic rings. The Morgan fingerprint density at radius 3 is 2.30 bits per heavy atom. The van der Waals surface area contributed by atoms with Gasteiger partial charge in [0.15, 0.2) is 6.10 Å². The minimum atomic E-state index is -3.34. The molecule has 2 amide bonds. The number of carbonyl (C=O) groups excluding carboxylic acids is 2. The molecule has 33 heavy (non-hydrogen) atoms. The topological polar surface area (TPSA) is 96.0 Å². The fraction of sp³-hybridized carbons (Fsp3) is 0.417. The molecule has 0 aromatic heterocycles. The van der Waals surface area contributed by atoms with Crippen molar-refractivity contribution >= 4 is 27.5 Å². The minimum Gasteiger partial charge on any atom is -0.481 e. The van der Waals surface area contributed by atoms with E-state index < -0.39 is 16.1 Å². The van der Waals surface area contributed by atoms with E-state index in [-0.39, 0.29) is 11.8 Å². The van der Waals surface area contributed by atoms with Gasteiger partial charge in [-0.05, 0) is 48.2 Å². The molecule has 0 saturated carbocycles. The summed E-state index contributed by atoms with van der Waals surface area (Å²) in [5, 5.41) is 2.90. The Labute approximate surface area is 195 Å². The first kappa shape index (κ1) is 24.6. The third kappa shape index (κ3) is 6.71. The second-order valence-electron chi connectivity index (χ2n) is 8.19. The van der Waals surface area contributed by atoms with Crippen molar-refractivity contribution < 1.29 is 22.7 Å². The molecule has 0 radical (unpaired) electrons. The van der Waals surface area contributed by atoms with Gasteiger partial charge in [-0.25, -0.2) is 8.42 Å². The van der Waals surface area contributed by atoms with Crippen molar-refractivity contribution in [3.8, 4) is 5.75 Å². The van der Waals surface area contributed by atoms with Crippen LogP contribution < -0.4 is 14.4 Å². The second-order valence-corrected chi connectivity index (χ2v) is 10.2. The van der Waals surface area contributed by atoms with E-state index in [1.807, 2.05) is 36.1 Å². The first-order valence-corrected chi connectivity index (χ1v) is 12.9. The number of benzene rings is 2. The summed E-state index contributed by atoms with van der Waals surface area (Å²) in [7, 11) is -1.87. The quantitative estimate of drug-likeness (QED) is 0.572. The van der Waals surface area contributed by atoms with Crippen LogP contribution in [0.2, 0.25) is 0 Å². The van der Waals surface area contributed by atoms with E-state index in [2.05, 4.69) is 5.32 Å². The van der Waals surface area contributed by atoms with Gasteiger partial charge in [0.05, 0.1) is 11.9 Å². The molecule has 1 aliphatic rings. The van der Waals surface area contributed by atoms with E-state index in [4.69, 9.17) is 4.74 Å². The Morgan fingerprint density at radius 1 is 1.12 bits per heavy atom. The van der Waals surface area contributed by atoms with E-state index in [1.54, 1.807) is 24.3 Å². The van der Waals surface area contributed by atoms with Crippen LogP contribution in [-0.2, 0) is 32.7 Å². The van der Waals surface area contributed by atoms with Crippen LogP contribution in [0.15, 0.2) is 48.5 Å². The molecule has 1 atom stereocenters. The molecular formula is C24H31N3O5S. The molecule has 0 unspecified atom stereocenters. The molecule has 178 valence electrons. The molecule has 1 aliphatic heterocycles. The van der Waals surface area contributed by atoms with Crippen LogP contribution in [0, 0.1) is 0 Å². The highest BCUT2D eigenvalue weighted by atomic mass is 32.2. The van der Waals surface area contributed by atoms with Crippen molar-refractivity contribution in [2.24, 2.45) is 0 Å². The Morgan fingerprint density at radius 2 is 1.76 bits per heavy atom. The predicted octanol–water partition coefficient (Wildman–Crippen LogP) is 2.68. The number of hydrogen-bond donors (Lipinski definition) is 1. The molecule has 1 fully saturated rings. The third-order valence-corrected chi connectivity index (χ3v) is 6.88. The summed E-state index contributed by atoms with van der Waals surface area (Å²) in [5.74, 6) is 0.471. The Balaban J connectivity index is 1.52. The smallest absolute Gasteiger partial charge is 0.261 e. The molecule has 3 rings (SSSR count). The first-order valence-electron chi connectivity index (χ1n) is 11.0. The highest BCUT2D eigenvalue weighted by Crippen LogP contribution is 2.21. The van der Waals surface area contributed by atoms with Crippen molar-refractivity contribution in [1.82, 2.24) is 10.2 Å². The van der Waals surface area contributed by atoms with E-state index in [0.29, 0.717) is 37.4 Å². The lowest BCUT2D eigenvalue weighted by Crippen LogP contribution is -2.37. The molecule has 1 saturated heterocycles. The lowest BCUT2D eigenvalue weighted by atomic mass is 10.1. The number of amides is 2. The molecule has 0 aliphatic carbocycles. The lowest BCUT2D eigenvalue weighted by Gasteiger charge is -2.19. The minimum absolute atomic E-state index is 0.203. The van der Waals surface area contributed by atoms with Gasteiger partial charge in [0.1, 0.15) is 5.75 Å². The molecule has 1 N–H and O–H groups in total. The number of anilines is 1. The highest BCUT2D eigenvalue weighted by molar-refractivity contribution is 7.92. The Hall–Kier alpha value is -3.07. The molecule has 1 heterocycles. The van der Waals surface area contributed by atoms with Crippen LogP contribution in [0.5, 0.6) is 5.75 Å². The maximum atomic E-state index is 12.6. The van der Waals surface area contributed by atoms with E-state index in [9.17, 15) is 18.0 Å². The van der Waals surface area contributed by atoms with Crippen molar-refractivity contribution in [2.45, 2.75) is 45.4 Å². The molecule has 9 heteroatoms. The van der Waals surface area contributed by atoms with E-state index in [1.165, 1.54) is 11.4 Å². The summed E-state index contributed by atoms with van der Waals surface area (Å²) >= 11 is 0. The van der Waals surface area contributed by atoms with Crippen LogP contribution in [0.25, 0.3) is 0 Å². The third-order valence-electron chi connectivity index (χ3n) is 5.67. The van der Waals surface area contributed by atoms with Gasteiger partial charge in [-0.15, -0.1) is 0 Å². The fourth-order valence-corrected chi connectivity index (χ4v) is 4.07. The van der Waals surface area contributed by atoms with Crippen molar-refractivity contribution in [3.63, 3.8) is 0 Å². The Bertz CT molecular complexity index is 1070. The summed E-state index contributed by atoms with van der Waals surface area (Å²) in [6, 6.07) is 14.4. The molecule has 0 bridgehead atoms. The summed E-state index contributed by atoms with van der Waals surface area (Å²) < 4.78 is 30.3. The van der Waals surface area contributed by atoms with Crippen LogP contribution in [0.3, 0.4) is 0 Å². The van der Waals surface area contributed by atoms with Gasteiger partial charge in [-0.2, -0.15) is 0 Å². The zero-order chi connectivity index (χ0) is 24.0. The molecular weight excluding hydrogens is 442 g/mol. The number of hydrogen-bond acceptors (Lipinski definition) is 5. The zero-order valence-corrected chi connectivity index (χ0v) is 20.1. The molecule has 8 nitrogen and oxygen atoms in total.